The summed E-state index contributed by atoms with van der Waals surface area (Å²) in [5.74, 6) is 0.121. The Morgan fingerprint density at radius 2 is 2.00 bits per heavy atom. The van der Waals surface area contributed by atoms with Crippen LogP contribution < -0.4 is 10.6 Å². The summed E-state index contributed by atoms with van der Waals surface area (Å²) >= 11 is 0. The Labute approximate surface area is 113 Å². The van der Waals surface area contributed by atoms with Crippen LogP contribution in [0.15, 0.2) is 30.6 Å². The van der Waals surface area contributed by atoms with Gasteiger partial charge in [-0.2, -0.15) is 0 Å². The Kier molecular flexibility index (Phi) is 3.61. The van der Waals surface area contributed by atoms with Gasteiger partial charge < -0.3 is 10.6 Å². The van der Waals surface area contributed by atoms with Crippen LogP contribution in [0.3, 0.4) is 0 Å². The smallest absolute Gasteiger partial charge is 0.149 e. The van der Waals surface area contributed by atoms with Crippen LogP contribution >= 0.6 is 0 Å². The quantitative estimate of drug-likeness (QED) is 0.854. The zero-order chi connectivity index (χ0) is 14.0. The van der Waals surface area contributed by atoms with Crippen molar-refractivity contribution < 1.29 is 8.42 Å². The Morgan fingerprint density at radius 1 is 1.26 bits per heavy atom. The average Bonchev–Trinajstić information content (AvgIpc) is 2.36. The van der Waals surface area contributed by atoms with E-state index in [1.165, 1.54) is 6.26 Å². The molecule has 0 atom stereocenters. The van der Waals surface area contributed by atoms with Gasteiger partial charge in [0.25, 0.3) is 0 Å². The predicted molar refractivity (Wildman–Crippen MR) is 79.1 cm³/mol. The van der Waals surface area contributed by atoms with Crippen molar-refractivity contribution in [2.45, 2.75) is 0 Å². The van der Waals surface area contributed by atoms with Crippen molar-refractivity contribution >= 4 is 32.0 Å². The number of pyridine rings is 1. The van der Waals surface area contributed by atoms with Crippen LogP contribution in [0, 0.1) is 0 Å². The molecule has 0 saturated heterocycles. The number of nitrogens with two attached hydrogens (primary N) is 1. The molecule has 2 rings (SSSR count). The molecule has 0 fully saturated rings. The molecule has 0 spiro atoms. The standard InChI is InChI=1S/C13H17N3O2S/c1-16(7-8-19(2,17)18)13-4-3-12(14)10-5-6-15-9-11(10)13/h3-6,9H,7-8,14H2,1-2H3. The fourth-order valence-electron chi connectivity index (χ4n) is 1.95. The van der Waals surface area contributed by atoms with Crippen LogP contribution in [0.2, 0.25) is 0 Å². The second-order valence-corrected chi connectivity index (χ2v) is 6.91. The molecule has 0 radical (unpaired) electrons. The van der Waals surface area contributed by atoms with E-state index in [2.05, 4.69) is 4.98 Å². The molecule has 2 N–H and O–H groups in total. The number of nitrogen functional groups attached to an aromatic ring is 1. The molecule has 0 aliphatic heterocycles. The van der Waals surface area contributed by atoms with Crippen LogP contribution in [0.25, 0.3) is 10.8 Å². The van der Waals surface area contributed by atoms with Crippen LogP contribution in [0.1, 0.15) is 0 Å². The molecule has 0 aliphatic rings. The summed E-state index contributed by atoms with van der Waals surface area (Å²) in [6.07, 6.45) is 4.68. The number of sulfone groups is 1. The van der Waals surface area contributed by atoms with E-state index in [4.69, 9.17) is 5.73 Å². The maximum absolute atomic E-state index is 11.2. The summed E-state index contributed by atoms with van der Waals surface area (Å²) in [7, 11) is -1.11. The van der Waals surface area contributed by atoms with Gasteiger partial charge in [-0.3, -0.25) is 4.98 Å². The molecule has 1 aromatic carbocycles. The Hall–Kier alpha value is -1.82. The third-order valence-electron chi connectivity index (χ3n) is 3.04. The molecule has 2 aromatic rings. The topological polar surface area (TPSA) is 76.3 Å². The largest absolute Gasteiger partial charge is 0.398 e. The highest BCUT2D eigenvalue weighted by atomic mass is 32.2. The molecular weight excluding hydrogens is 262 g/mol. The third-order valence-corrected chi connectivity index (χ3v) is 3.96. The van der Waals surface area contributed by atoms with Crippen LogP contribution in [0.5, 0.6) is 0 Å². The maximum atomic E-state index is 11.2. The average molecular weight is 279 g/mol. The SMILES string of the molecule is CN(CCS(C)(=O)=O)c1ccc(N)c2ccncc12. The molecule has 0 aliphatic carbocycles. The van der Waals surface area contributed by atoms with Crippen molar-refractivity contribution in [3.05, 3.63) is 30.6 Å². The molecule has 0 saturated carbocycles. The number of nitrogens with zero attached hydrogens (tertiary/aromatic N) is 2. The van der Waals surface area contributed by atoms with E-state index >= 15 is 0 Å². The minimum Gasteiger partial charge on any atom is -0.398 e. The van der Waals surface area contributed by atoms with E-state index < -0.39 is 9.84 Å². The second-order valence-electron chi connectivity index (χ2n) is 4.65. The first-order valence-corrected chi connectivity index (χ1v) is 7.95. The second kappa shape index (κ2) is 5.05. The molecule has 0 bridgehead atoms. The van der Waals surface area contributed by atoms with Crippen molar-refractivity contribution in [1.29, 1.82) is 0 Å². The zero-order valence-corrected chi connectivity index (χ0v) is 11.8. The fraction of sp³-hybridized carbons (Fsp3) is 0.308. The molecule has 1 heterocycles. The van der Waals surface area contributed by atoms with Crippen molar-refractivity contribution in [2.24, 2.45) is 0 Å². The highest BCUT2D eigenvalue weighted by molar-refractivity contribution is 7.90. The highest BCUT2D eigenvalue weighted by Gasteiger charge is 2.10. The Morgan fingerprint density at radius 3 is 2.68 bits per heavy atom. The lowest BCUT2D eigenvalue weighted by molar-refractivity contribution is 0.601. The normalized spacial score (nSPS) is 11.7. The first-order valence-electron chi connectivity index (χ1n) is 5.89. The monoisotopic (exact) mass is 279 g/mol. The molecule has 6 heteroatoms. The summed E-state index contributed by atoms with van der Waals surface area (Å²) in [5, 5.41) is 1.86. The van der Waals surface area contributed by atoms with Crippen LogP contribution in [-0.4, -0.2) is 39.0 Å². The Balaban J connectivity index is 2.37. The summed E-state index contributed by atoms with van der Waals surface area (Å²) in [4.78, 5) is 6.01. The lowest BCUT2D eigenvalue weighted by Gasteiger charge is -2.21. The van der Waals surface area contributed by atoms with E-state index in [0.29, 0.717) is 12.2 Å². The van der Waals surface area contributed by atoms with Crippen molar-refractivity contribution in [1.82, 2.24) is 4.98 Å². The van der Waals surface area contributed by atoms with Gasteiger partial charge in [0.05, 0.1) is 5.75 Å². The number of hydrogen-bond acceptors (Lipinski definition) is 5. The highest BCUT2D eigenvalue weighted by Crippen LogP contribution is 2.29. The molecule has 19 heavy (non-hydrogen) atoms. The van der Waals surface area contributed by atoms with Crippen molar-refractivity contribution in [3.8, 4) is 0 Å². The lowest BCUT2D eigenvalue weighted by atomic mass is 10.1. The number of hydrogen-bond donors (Lipinski definition) is 1. The van der Waals surface area contributed by atoms with Gasteiger partial charge in [0.1, 0.15) is 9.84 Å². The number of anilines is 2. The van der Waals surface area contributed by atoms with Gasteiger partial charge in [-0.1, -0.05) is 0 Å². The molecule has 0 amide bonds. The number of fused-ring (bicyclic) bond motifs is 1. The number of rotatable bonds is 4. The molecule has 5 nitrogen and oxygen atoms in total. The summed E-state index contributed by atoms with van der Waals surface area (Å²) < 4.78 is 22.5. The fourth-order valence-corrected chi connectivity index (χ4v) is 2.56. The zero-order valence-electron chi connectivity index (χ0n) is 11.0. The summed E-state index contributed by atoms with van der Waals surface area (Å²) in [6, 6.07) is 5.58. The summed E-state index contributed by atoms with van der Waals surface area (Å²) in [6.45, 7) is 0.437. The van der Waals surface area contributed by atoms with Crippen molar-refractivity contribution in [2.75, 3.05) is 36.2 Å². The first-order chi connectivity index (χ1) is 8.88. The van der Waals surface area contributed by atoms with Crippen molar-refractivity contribution in [3.63, 3.8) is 0 Å². The van der Waals surface area contributed by atoms with E-state index in [1.54, 1.807) is 12.4 Å². The minimum absolute atomic E-state index is 0.121. The van der Waals surface area contributed by atoms with E-state index in [0.717, 1.165) is 16.5 Å². The van der Waals surface area contributed by atoms with Crippen LogP contribution in [-0.2, 0) is 9.84 Å². The predicted octanol–water partition coefficient (Wildman–Crippen LogP) is 1.30. The maximum Gasteiger partial charge on any atom is 0.149 e. The van der Waals surface area contributed by atoms with E-state index in [-0.39, 0.29) is 5.75 Å². The van der Waals surface area contributed by atoms with E-state index in [9.17, 15) is 8.42 Å². The van der Waals surface area contributed by atoms with Gasteiger partial charge in [0.15, 0.2) is 0 Å². The Bertz CT molecular complexity index is 698. The van der Waals surface area contributed by atoms with Gasteiger partial charge >= 0.3 is 0 Å². The molecule has 0 unspecified atom stereocenters. The van der Waals surface area contributed by atoms with Gasteiger partial charge in [-0.05, 0) is 18.2 Å². The minimum atomic E-state index is -2.97. The van der Waals surface area contributed by atoms with Gasteiger partial charge in [-0.25, -0.2) is 8.42 Å². The first kappa shape index (κ1) is 13.6. The number of benzene rings is 1. The molecule has 1 aromatic heterocycles. The molecular formula is C13H17N3O2S. The molecule has 102 valence electrons. The van der Waals surface area contributed by atoms with Crippen LogP contribution in [0.4, 0.5) is 11.4 Å². The van der Waals surface area contributed by atoms with Gasteiger partial charge in [-0.15, -0.1) is 0 Å². The third kappa shape index (κ3) is 3.14. The number of aromatic nitrogens is 1. The lowest BCUT2D eigenvalue weighted by Crippen LogP contribution is -2.25. The van der Waals surface area contributed by atoms with E-state index in [1.807, 2.05) is 30.1 Å². The summed E-state index contributed by atoms with van der Waals surface area (Å²) in [5.41, 5.74) is 7.55. The van der Waals surface area contributed by atoms with Gasteiger partial charge in [0.2, 0.25) is 0 Å². The van der Waals surface area contributed by atoms with Gasteiger partial charge in [0, 0.05) is 54.4 Å².